The lowest BCUT2D eigenvalue weighted by Crippen LogP contribution is -1.65. The van der Waals surface area contributed by atoms with Gasteiger partial charge in [0.25, 0.3) is 0 Å². The molecule has 0 spiro atoms. The molecule has 0 bridgehead atoms. The zero-order chi connectivity index (χ0) is 4.99. The van der Waals surface area contributed by atoms with E-state index in [-0.39, 0.29) is 5.88 Å². The van der Waals surface area contributed by atoms with Gasteiger partial charge in [-0.05, 0) is 17.7 Å². The summed E-state index contributed by atoms with van der Waals surface area (Å²) in [6.45, 7) is 0. The average Bonchev–Trinajstić information content (AvgIpc) is 1.35. The van der Waals surface area contributed by atoms with E-state index in [1.54, 1.807) is 0 Å². The highest BCUT2D eigenvalue weighted by Gasteiger charge is 1.68. The van der Waals surface area contributed by atoms with Crippen molar-refractivity contribution in [2.75, 3.05) is 5.88 Å². The second-order valence-corrected chi connectivity index (χ2v) is 3.02. The van der Waals surface area contributed by atoms with Gasteiger partial charge in [-0.15, -0.1) is 4.91 Å². The fourth-order valence-corrected chi connectivity index (χ4v) is 0.308. The summed E-state index contributed by atoms with van der Waals surface area (Å²) in [5.74, 6) is -0.0586. The van der Waals surface area contributed by atoms with E-state index in [1.807, 2.05) is 0 Å². The van der Waals surface area contributed by atoms with Crippen molar-refractivity contribution in [1.82, 2.24) is 0 Å². The van der Waals surface area contributed by atoms with Crippen LogP contribution in [-0.2, 0) is 9.70 Å². The predicted octanol–water partition coefficient (Wildman–Crippen LogP) is 0.866. The van der Waals surface area contributed by atoms with E-state index in [4.69, 9.17) is 4.61 Å². The van der Waals surface area contributed by atoms with Crippen molar-refractivity contribution < 1.29 is 0 Å². The Bertz CT molecular complexity index is 146. The van der Waals surface area contributed by atoms with Crippen LogP contribution in [0.25, 0.3) is 0 Å². The van der Waals surface area contributed by atoms with Crippen LogP contribution < -0.4 is 0 Å². The normalized spacial score (nSPS) is 7.17. The van der Waals surface area contributed by atoms with Crippen LogP contribution in [0.3, 0.4) is 0 Å². The molecule has 0 amide bonds. The molecule has 0 atom stereocenters. The minimum Gasteiger partial charge on any atom is -0.184 e. The van der Waals surface area contributed by atoms with Crippen molar-refractivity contribution in [3.8, 4) is 0 Å². The molecule has 0 heterocycles. The summed E-state index contributed by atoms with van der Waals surface area (Å²) in [5, 5.41) is 2.40. The van der Waals surface area contributed by atoms with Crippen LogP contribution in [-0.4, -0.2) is 5.88 Å². The molecule has 0 unspecified atom stereocenters. The van der Waals surface area contributed by atoms with Gasteiger partial charge in [0.05, 0.1) is 0 Å². The maximum Gasteiger partial charge on any atom is 0.168 e. The van der Waals surface area contributed by atoms with Crippen molar-refractivity contribution in [3.63, 3.8) is 0 Å². The Hall–Kier alpha value is -0.170. The van der Waals surface area contributed by atoms with E-state index in [2.05, 4.69) is 13.2 Å². The van der Waals surface area contributed by atoms with Gasteiger partial charge in [-0.25, -0.2) is 0 Å². The largest absolute Gasteiger partial charge is 0.184 e. The summed E-state index contributed by atoms with van der Waals surface area (Å²) in [7, 11) is 1.78. The summed E-state index contributed by atoms with van der Waals surface area (Å²) in [6, 6.07) is 0. The van der Waals surface area contributed by atoms with Crippen molar-refractivity contribution in [3.05, 3.63) is 4.91 Å². The van der Waals surface area contributed by atoms with Gasteiger partial charge in [-0.3, -0.25) is 0 Å². The second-order valence-electron chi connectivity index (χ2n) is 0.623. The molecule has 0 aliphatic heterocycles. The summed E-state index contributed by atoms with van der Waals surface area (Å²) in [6.07, 6.45) is 0. The molecule has 0 aromatic heterocycles. The smallest absolute Gasteiger partial charge is 0.168 e. The Morgan fingerprint density at radius 3 is 2.50 bits per heavy atom. The molecule has 0 fully saturated rings. The van der Waals surface area contributed by atoms with E-state index in [9.17, 15) is 4.91 Å². The molecule has 0 saturated heterocycles. The average molecular weight is 122 g/mol. The first-order chi connectivity index (χ1) is 2.77. The van der Waals surface area contributed by atoms with Crippen molar-refractivity contribution >= 4 is 17.7 Å². The van der Waals surface area contributed by atoms with Crippen LogP contribution in [0.1, 0.15) is 0 Å². The Morgan fingerprint density at radius 1 is 2.00 bits per heavy atom. The van der Waals surface area contributed by atoms with Crippen LogP contribution in [0.4, 0.5) is 0 Å². The third-order valence-corrected chi connectivity index (χ3v) is 0.912. The maximum absolute atomic E-state index is 9.18. The molecule has 0 aliphatic carbocycles. The Labute approximate surface area is 39.1 Å². The van der Waals surface area contributed by atoms with Gasteiger partial charge in [-0.2, -0.15) is 4.61 Å². The van der Waals surface area contributed by atoms with Crippen LogP contribution in [0.5, 0.6) is 0 Å². The van der Waals surface area contributed by atoms with E-state index in [0.29, 0.717) is 0 Å². The van der Waals surface area contributed by atoms with E-state index < -0.39 is 9.70 Å². The first kappa shape index (κ1) is 5.83. The van der Waals surface area contributed by atoms with Crippen molar-refractivity contribution in [1.29, 1.82) is 4.61 Å². The summed E-state index contributed by atoms with van der Waals surface area (Å²) in [5.41, 5.74) is 0. The van der Waals surface area contributed by atoms with E-state index >= 15 is 0 Å². The zero-order valence-corrected chi connectivity index (χ0v) is 4.73. The lowest BCUT2D eigenvalue weighted by molar-refractivity contribution is 1.35. The number of nitroso groups, excluding NO2 is 1. The fourth-order valence-electron chi connectivity index (χ4n) is 0.0499. The number of rotatable bonds is 1. The number of hydrogen-bond donors (Lipinski definition) is 0. The molecule has 34 valence electrons. The topological polar surface area (TPSA) is 53.2 Å². The summed E-state index contributed by atoms with van der Waals surface area (Å²) in [4.78, 5) is 9.18. The van der Waals surface area contributed by atoms with Crippen LogP contribution in [0, 0.1) is 9.52 Å². The lowest BCUT2D eigenvalue weighted by atomic mass is 11.5. The Kier molecular flexibility index (Phi) is 2.95. The van der Waals surface area contributed by atoms with Gasteiger partial charge in [0.1, 0.15) is 0 Å². The third-order valence-electron chi connectivity index (χ3n) is 0.175. The minimum absolute atomic E-state index is 0.0586. The van der Waals surface area contributed by atoms with Crippen molar-refractivity contribution in [2.45, 2.75) is 0 Å². The standard InChI is InChI=1S/CH3N2OPS/c2-6(5)1-3-4/h5H,1H2. The fraction of sp³-hybridized carbons (Fsp3) is 1.00. The zero-order valence-electron chi connectivity index (χ0n) is 2.92. The monoisotopic (exact) mass is 122 g/mol. The van der Waals surface area contributed by atoms with Gasteiger partial charge in [0.15, 0.2) is 5.88 Å². The molecule has 0 radical (unpaired) electrons. The molecular formula is CH3N2OPS. The number of nitrogens with zero attached hydrogens (tertiary/aromatic N) is 2. The molecule has 0 aromatic rings. The third kappa shape index (κ3) is 3.83. The summed E-state index contributed by atoms with van der Waals surface area (Å²) >= 11 is 0. The first-order valence-corrected chi connectivity index (χ1v) is 3.75. The Balaban J connectivity index is 3.42. The van der Waals surface area contributed by atoms with E-state index in [1.165, 1.54) is 0 Å². The molecule has 0 rings (SSSR count). The predicted molar refractivity (Wildman–Crippen MR) is 28.1 cm³/mol. The first-order valence-electron chi connectivity index (χ1n) is 1.17. The molecule has 0 saturated carbocycles. The lowest BCUT2D eigenvalue weighted by Gasteiger charge is -1.61. The molecule has 6 heavy (non-hydrogen) atoms. The Morgan fingerprint density at radius 2 is 2.50 bits per heavy atom. The molecule has 0 aromatic carbocycles. The molecule has 0 aliphatic rings. The molecule has 0 N–H and O–H groups in total. The second kappa shape index (κ2) is 3.04. The minimum atomic E-state index is -0.989. The van der Waals surface area contributed by atoms with E-state index in [0.717, 1.165) is 0 Å². The molecule has 3 nitrogen and oxygen atoms in total. The molecule has 5 heteroatoms. The maximum atomic E-state index is 9.18. The SMILES string of the molecule is N#S(=P)CN=O. The highest BCUT2D eigenvalue weighted by molar-refractivity contribution is 8.05. The van der Waals surface area contributed by atoms with Crippen LogP contribution >= 0.6 is 8.02 Å². The van der Waals surface area contributed by atoms with Gasteiger partial charge in [0.2, 0.25) is 0 Å². The quantitative estimate of drug-likeness (QED) is 0.382. The highest BCUT2D eigenvalue weighted by Crippen LogP contribution is 1.71. The summed E-state index contributed by atoms with van der Waals surface area (Å²) < 4.78 is 8.20. The number of hydrogen-bond acceptors (Lipinski definition) is 3. The molecular weight excluding hydrogens is 119 g/mol. The van der Waals surface area contributed by atoms with Gasteiger partial charge in [0, 0.05) is 0 Å². The van der Waals surface area contributed by atoms with Gasteiger partial charge >= 0.3 is 0 Å². The van der Waals surface area contributed by atoms with Crippen LogP contribution in [0.2, 0.25) is 0 Å². The van der Waals surface area contributed by atoms with Gasteiger partial charge < -0.3 is 0 Å². The van der Waals surface area contributed by atoms with Crippen molar-refractivity contribution in [2.24, 2.45) is 5.18 Å². The van der Waals surface area contributed by atoms with Gasteiger partial charge in [-0.1, -0.05) is 5.18 Å². The van der Waals surface area contributed by atoms with Crippen LogP contribution in [0.15, 0.2) is 5.18 Å². The highest BCUT2D eigenvalue weighted by atomic mass is 32.5.